The first-order valence-electron chi connectivity index (χ1n) is 11.2. The largest absolute Gasteiger partial charge is 0.463 e. The van der Waals surface area contributed by atoms with E-state index in [1.54, 1.807) is 0 Å². The Morgan fingerprint density at radius 1 is 1.24 bits per heavy atom. The maximum absolute atomic E-state index is 13.1. The van der Waals surface area contributed by atoms with E-state index in [1.165, 1.54) is 11.1 Å². The number of carbonyl (C=O) groups excluding carboxylic acids is 1. The molecule has 2 N–H and O–H groups in total. The fourth-order valence-corrected chi connectivity index (χ4v) is 6.04. The number of ether oxygens (including phenoxy) is 2. The average Bonchev–Trinajstić information content (AvgIpc) is 2.70. The molecule has 1 fully saturated rings. The number of esters is 1. The molecule has 0 saturated heterocycles. The van der Waals surface area contributed by atoms with Crippen LogP contribution >= 0.6 is 0 Å². The number of hydrogen-bond donors (Lipinski definition) is 2. The molecule has 5 nitrogen and oxygen atoms in total. The van der Waals surface area contributed by atoms with Crippen molar-refractivity contribution in [1.29, 1.82) is 0 Å². The number of carbonyl (C=O) groups is 1. The Balaban J connectivity index is 1.81. The zero-order valence-corrected chi connectivity index (χ0v) is 18.4. The Bertz CT molecular complexity index is 666. The molecule has 1 saturated carbocycles. The summed E-state index contributed by atoms with van der Waals surface area (Å²) in [5.41, 5.74) is 1.93. The van der Waals surface area contributed by atoms with Gasteiger partial charge in [-0.05, 0) is 62.4 Å². The molecule has 29 heavy (non-hydrogen) atoms. The number of fused-ring (bicyclic) bond motifs is 3. The summed E-state index contributed by atoms with van der Waals surface area (Å²) < 4.78 is 10.8. The van der Waals surface area contributed by atoms with Gasteiger partial charge in [-0.15, -0.1) is 0 Å². The van der Waals surface area contributed by atoms with E-state index in [4.69, 9.17) is 14.6 Å². The standard InChI is InChI=1S/C24H38O5/c1-16(2)17-5-7-19-18(15-17)6-8-20-23(3,10-9-21(26)24(19,20)4)22(27)29-14-13-28-12-11-25/h6,15-16,19-21,25-26H,5,7-14H2,1-4H3/t19-,20-,21?,23+,24+/m0/s1. The molecule has 0 aromatic carbocycles. The minimum absolute atomic E-state index is 0.0347. The summed E-state index contributed by atoms with van der Waals surface area (Å²) in [6.07, 6.45) is 8.45. The fourth-order valence-electron chi connectivity index (χ4n) is 6.04. The van der Waals surface area contributed by atoms with Crippen molar-refractivity contribution in [2.24, 2.45) is 28.6 Å². The zero-order chi connectivity index (χ0) is 21.2. The van der Waals surface area contributed by atoms with E-state index in [1.807, 2.05) is 6.92 Å². The van der Waals surface area contributed by atoms with Crippen LogP contribution in [0.3, 0.4) is 0 Å². The summed E-state index contributed by atoms with van der Waals surface area (Å²) in [7, 11) is 0. The molecule has 0 aromatic heterocycles. The van der Waals surface area contributed by atoms with Crippen molar-refractivity contribution in [3.05, 3.63) is 23.3 Å². The smallest absolute Gasteiger partial charge is 0.312 e. The van der Waals surface area contributed by atoms with Crippen molar-refractivity contribution in [3.63, 3.8) is 0 Å². The molecular weight excluding hydrogens is 368 g/mol. The molecule has 5 heteroatoms. The van der Waals surface area contributed by atoms with Gasteiger partial charge in [0.05, 0.1) is 31.3 Å². The second-order valence-electron chi connectivity index (χ2n) is 9.77. The molecule has 164 valence electrons. The second kappa shape index (κ2) is 8.91. The van der Waals surface area contributed by atoms with Gasteiger partial charge in [-0.1, -0.05) is 38.5 Å². The van der Waals surface area contributed by atoms with Gasteiger partial charge < -0.3 is 19.7 Å². The monoisotopic (exact) mass is 406 g/mol. The predicted molar refractivity (Wildman–Crippen MR) is 112 cm³/mol. The Hall–Kier alpha value is -1.17. The van der Waals surface area contributed by atoms with E-state index in [9.17, 15) is 9.90 Å². The Morgan fingerprint density at radius 2 is 2.00 bits per heavy atom. The molecule has 5 atom stereocenters. The summed E-state index contributed by atoms with van der Waals surface area (Å²) in [5, 5.41) is 19.9. The molecule has 0 spiro atoms. The first-order chi connectivity index (χ1) is 13.7. The van der Waals surface area contributed by atoms with E-state index in [0.717, 1.165) is 19.3 Å². The highest BCUT2D eigenvalue weighted by Gasteiger charge is 2.61. The minimum atomic E-state index is -0.602. The van der Waals surface area contributed by atoms with Crippen LogP contribution in [0, 0.1) is 28.6 Å². The summed E-state index contributed by atoms with van der Waals surface area (Å²) in [6, 6.07) is 0. The van der Waals surface area contributed by atoms with Crippen molar-refractivity contribution in [2.75, 3.05) is 26.4 Å². The van der Waals surface area contributed by atoms with E-state index >= 15 is 0 Å². The molecule has 3 rings (SSSR count). The van der Waals surface area contributed by atoms with Crippen LogP contribution in [-0.4, -0.2) is 48.7 Å². The van der Waals surface area contributed by atoms with Crippen LogP contribution in [0.5, 0.6) is 0 Å². The van der Waals surface area contributed by atoms with Crippen molar-refractivity contribution in [1.82, 2.24) is 0 Å². The van der Waals surface area contributed by atoms with Crippen LogP contribution in [-0.2, 0) is 14.3 Å². The lowest BCUT2D eigenvalue weighted by molar-refractivity contribution is -0.183. The van der Waals surface area contributed by atoms with Gasteiger partial charge in [0.25, 0.3) is 0 Å². The van der Waals surface area contributed by atoms with Crippen LogP contribution < -0.4 is 0 Å². The van der Waals surface area contributed by atoms with Gasteiger partial charge in [0.1, 0.15) is 6.61 Å². The lowest BCUT2D eigenvalue weighted by Gasteiger charge is -2.59. The molecule has 0 radical (unpaired) electrons. The second-order valence-corrected chi connectivity index (χ2v) is 9.77. The van der Waals surface area contributed by atoms with Gasteiger partial charge in [-0.2, -0.15) is 0 Å². The minimum Gasteiger partial charge on any atom is -0.463 e. The first-order valence-corrected chi connectivity index (χ1v) is 11.2. The maximum atomic E-state index is 13.1. The lowest BCUT2D eigenvalue weighted by atomic mass is 9.46. The molecule has 0 aromatic rings. The number of aliphatic hydroxyl groups excluding tert-OH is 2. The van der Waals surface area contributed by atoms with Gasteiger partial charge in [0, 0.05) is 5.41 Å². The Kier molecular flexibility index (Phi) is 6.91. The van der Waals surface area contributed by atoms with Gasteiger partial charge in [0.2, 0.25) is 0 Å². The predicted octanol–water partition coefficient (Wildman–Crippen LogP) is 3.64. The zero-order valence-electron chi connectivity index (χ0n) is 18.4. The Morgan fingerprint density at radius 3 is 2.69 bits per heavy atom. The quantitative estimate of drug-likeness (QED) is 0.499. The van der Waals surface area contributed by atoms with Gasteiger partial charge in [-0.25, -0.2) is 0 Å². The summed E-state index contributed by atoms with van der Waals surface area (Å²) in [6.45, 7) is 9.42. The SMILES string of the molecule is CC(C)C1=CC2=CC[C@@H]3[C@](C)(C(O)CC[C@@]3(C)C(=O)OCCOCCO)[C@H]2CC1. The average molecular weight is 407 g/mol. The highest BCUT2D eigenvalue weighted by atomic mass is 16.6. The summed E-state index contributed by atoms with van der Waals surface area (Å²) in [5.74, 6) is 0.720. The van der Waals surface area contributed by atoms with Crippen molar-refractivity contribution < 1.29 is 24.5 Å². The van der Waals surface area contributed by atoms with Crippen molar-refractivity contribution >= 4 is 5.97 Å². The third-order valence-corrected chi connectivity index (χ3v) is 7.90. The van der Waals surface area contributed by atoms with Crippen LogP contribution in [0.25, 0.3) is 0 Å². The van der Waals surface area contributed by atoms with Crippen molar-refractivity contribution in [3.8, 4) is 0 Å². The molecule has 0 bridgehead atoms. The molecular formula is C24H38O5. The van der Waals surface area contributed by atoms with Crippen LogP contribution in [0.15, 0.2) is 23.3 Å². The molecule has 0 heterocycles. The first kappa shape index (κ1) is 22.5. The highest BCUT2D eigenvalue weighted by molar-refractivity contribution is 5.77. The molecule has 3 aliphatic rings. The number of aliphatic hydroxyl groups is 2. The van der Waals surface area contributed by atoms with Crippen LogP contribution in [0.1, 0.15) is 59.8 Å². The molecule has 1 unspecified atom stereocenters. The van der Waals surface area contributed by atoms with Crippen molar-refractivity contribution in [2.45, 2.75) is 65.9 Å². The third kappa shape index (κ3) is 4.06. The van der Waals surface area contributed by atoms with Gasteiger partial charge in [-0.3, -0.25) is 4.79 Å². The van der Waals surface area contributed by atoms with E-state index < -0.39 is 11.5 Å². The van der Waals surface area contributed by atoms with Gasteiger partial charge in [0.15, 0.2) is 0 Å². The lowest BCUT2D eigenvalue weighted by Crippen LogP contribution is -2.59. The number of allylic oxidation sites excluding steroid dienone is 4. The molecule has 0 aliphatic heterocycles. The van der Waals surface area contributed by atoms with E-state index in [2.05, 4.69) is 32.9 Å². The number of hydrogen-bond acceptors (Lipinski definition) is 5. The molecule has 0 amide bonds. The highest BCUT2D eigenvalue weighted by Crippen LogP contribution is 2.62. The maximum Gasteiger partial charge on any atom is 0.312 e. The van der Waals surface area contributed by atoms with E-state index in [0.29, 0.717) is 31.3 Å². The topological polar surface area (TPSA) is 76.0 Å². The Labute approximate surface area is 175 Å². The number of rotatable bonds is 7. The fraction of sp³-hybridized carbons (Fsp3) is 0.792. The molecule has 3 aliphatic carbocycles. The van der Waals surface area contributed by atoms with E-state index in [-0.39, 0.29) is 37.1 Å². The third-order valence-electron chi connectivity index (χ3n) is 7.90. The normalized spacial score (nSPS) is 36.7. The summed E-state index contributed by atoms with van der Waals surface area (Å²) in [4.78, 5) is 13.1. The van der Waals surface area contributed by atoms with Crippen LogP contribution in [0.2, 0.25) is 0 Å². The summed E-state index contributed by atoms with van der Waals surface area (Å²) >= 11 is 0. The van der Waals surface area contributed by atoms with Crippen LogP contribution in [0.4, 0.5) is 0 Å². The van der Waals surface area contributed by atoms with Gasteiger partial charge >= 0.3 is 5.97 Å².